The maximum atomic E-state index is 12.1. The smallest absolute Gasteiger partial charge is 0.224 e. The lowest BCUT2D eigenvalue weighted by Gasteiger charge is -2.31. The monoisotopic (exact) mass is 347 g/mol. The van der Waals surface area contributed by atoms with Crippen LogP contribution in [0.25, 0.3) is 0 Å². The normalized spacial score (nSPS) is 18.4. The molecule has 5 heteroatoms. The fraction of sp³-hybridized carbons (Fsp3) is 0.650. The summed E-state index contributed by atoms with van der Waals surface area (Å²) in [5.41, 5.74) is 8.10. The molecule has 1 amide bonds. The van der Waals surface area contributed by atoms with E-state index in [1.165, 1.54) is 11.1 Å². The third kappa shape index (κ3) is 6.01. The summed E-state index contributed by atoms with van der Waals surface area (Å²) in [5, 5.41) is 2.90. The van der Waals surface area contributed by atoms with E-state index in [1.54, 1.807) is 0 Å². The topological polar surface area (TPSA) is 67.6 Å². The number of hydrogen-bond acceptors (Lipinski definition) is 4. The van der Waals surface area contributed by atoms with Crippen molar-refractivity contribution in [2.75, 3.05) is 39.3 Å². The van der Waals surface area contributed by atoms with Crippen molar-refractivity contribution < 1.29 is 9.53 Å². The Morgan fingerprint density at radius 2 is 2.24 bits per heavy atom. The second-order valence-corrected chi connectivity index (χ2v) is 7.24. The van der Waals surface area contributed by atoms with E-state index in [0.717, 1.165) is 38.2 Å². The molecular formula is C20H33N3O2. The number of rotatable bonds is 8. The van der Waals surface area contributed by atoms with E-state index in [0.29, 0.717) is 25.6 Å². The number of ether oxygens (including phenoxy) is 1. The van der Waals surface area contributed by atoms with Crippen LogP contribution in [0.15, 0.2) is 18.2 Å². The molecule has 0 spiro atoms. The second kappa shape index (κ2) is 9.78. The maximum absolute atomic E-state index is 12.1. The molecule has 1 aromatic carbocycles. The Bertz CT molecular complexity index is 560. The zero-order valence-electron chi connectivity index (χ0n) is 15.9. The molecule has 1 heterocycles. The van der Waals surface area contributed by atoms with Crippen LogP contribution in [0.2, 0.25) is 0 Å². The predicted octanol–water partition coefficient (Wildman–Crippen LogP) is 2.28. The number of nitrogens with two attached hydrogens (primary N) is 1. The molecule has 0 saturated carbocycles. The average Bonchev–Trinajstić information content (AvgIpc) is 2.59. The minimum Gasteiger partial charge on any atom is -0.492 e. The summed E-state index contributed by atoms with van der Waals surface area (Å²) in [5.74, 6) is 1.67. The standard InChI is InChI=1S/C20H33N3O2/c1-15(2)19-7-6-18(13-16(19)3)25-12-11-23-10-4-5-17(14-23)20(24)22-9-8-21/h6-7,13,15,17H,4-5,8-12,14,21H2,1-3H3,(H,22,24). The van der Waals surface area contributed by atoms with Crippen molar-refractivity contribution in [1.82, 2.24) is 10.2 Å². The van der Waals surface area contributed by atoms with Crippen LogP contribution in [0.5, 0.6) is 5.75 Å². The zero-order chi connectivity index (χ0) is 18.2. The summed E-state index contributed by atoms with van der Waals surface area (Å²) in [6.45, 7) is 11.0. The lowest BCUT2D eigenvalue weighted by atomic mass is 9.97. The Labute approximate surface area is 151 Å². The van der Waals surface area contributed by atoms with Gasteiger partial charge in [-0.3, -0.25) is 9.69 Å². The van der Waals surface area contributed by atoms with Gasteiger partial charge in [-0.2, -0.15) is 0 Å². The lowest BCUT2D eigenvalue weighted by Crippen LogP contribution is -2.45. The first kappa shape index (κ1) is 19.7. The second-order valence-electron chi connectivity index (χ2n) is 7.24. The van der Waals surface area contributed by atoms with E-state index in [1.807, 2.05) is 0 Å². The highest BCUT2D eigenvalue weighted by Crippen LogP contribution is 2.23. The molecule has 1 aromatic rings. The number of likely N-dealkylation sites (tertiary alicyclic amines) is 1. The average molecular weight is 348 g/mol. The number of hydrogen-bond donors (Lipinski definition) is 2. The van der Waals surface area contributed by atoms with Gasteiger partial charge < -0.3 is 15.8 Å². The Hall–Kier alpha value is -1.59. The molecule has 25 heavy (non-hydrogen) atoms. The molecule has 0 radical (unpaired) electrons. The first-order valence-electron chi connectivity index (χ1n) is 9.44. The summed E-state index contributed by atoms with van der Waals surface area (Å²) < 4.78 is 5.93. The highest BCUT2D eigenvalue weighted by Gasteiger charge is 2.25. The molecule has 1 atom stereocenters. The summed E-state index contributed by atoms with van der Waals surface area (Å²) in [4.78, 5) is 14.4. The molecule has 1 aliphatic heterocycles. The molecule has 0 bridgehead atoms. The molecule has 5 nitrogen and oxygen atoms in total. The third-order valence-electron chi connectivity index (χ3n) is 4.86. The number of amides is 1. The molecule has 0 aliphatic carbocycles. The third-order valence-corrected chi connectivity index (χ3v) is 4.86. The van der Waals surface area contributed by atoms with E-state index in [9.17, 15) is 4.79 Å². The van der Waals surface area contributed by atoms with E-state index in [4.69, 9.17) is 10.5 Å². The van der Waals surface area contributed by atoms with Gasteiger partial charge in [0.2, 0.25) is 5.91 Å². The molecule has 1 unspecified atom stereocenters. The predicted molar refractivity (Wildman–Crippen MR) is 102 cm³/mol. The zero-order valence-corrected chi connectivity index (χ0v) is 15.9. The summed E-state index contributed by atoms with van der Waals surface area (Å²) in [6, 6.07) is 6.34. The van der Waals surface area contributed by atoms with Gasteiger partial charge in [0, 0.05) is 26.2 Å². The van der Waals surface area contributed by atoms with Crippen LogP contribution in [0.4, 0.5) is 0 Å². The lowest BCUT2D eigenvalue weighted by molar-refractivity contribution is -0.126. The molecule has 1 aliphatic rings. The minimum absolute atomic E-state index is 0.0767. The van der Waals surface area contributed by atoms with Gasteiger partial charge in [-0.25, -0.2) is 0 Å². The van der Waals surface area contributed by atoms with Crippen molar-refractivity contribution in [3.05, 3.63) is 29.3 Å². The molecule has 140 valence electrons. The van der Waals surface area contributed by atoms with Crippen LogP contribution < -0.4 is 15.8 Å². The number of nitrogens with zero attached hydrogens (tertiary/aromatic N) is 1. The van der Waals surface area contributed by atoms with Gasteiger partial charge >= 0.3 is 0 Å². The van der Waals surface area contributed by atoms with E-state index in [-0.39, 0.29) is 11.8 Å². The summed E-state index contributed by atoms with van der Waals surface area (Å²) in [7, 11) is 0. The van der Waals surface area contributed by atoms with Crippen LogP contribution in [0.1, 0.15) is 43.7 Å². The van der Waals surface area contributed by atoms with Crippen molar-refractivity contribution in [2.24, 2.45) is 11.7 Å². The number of piperidine rings is 1. The van der Waals surface area contributed by atoms with Crippen molar-refractivity contribution in [1.29, 1.82) is 0 Å². The van der Waals surface area contributed by atoms with Crippen LogP contribution in [-0.4, -0.2) is 50.1 Å². The Morgan fingerprint density at radius 3 is 2.92 bits per heavy atom. The number of nitrogens with one attached hydrogen (secondary N) is 1. The number of carbonyl (C=O) groups excluding carboxylic acids is 1. The molecule has 0 aromatic heterocycles. The highest BCUT2D eigenvalue weighted by molar-refractivity contribution is 5.78. The van der Waals surface area contributed by atoms with Gasteiger partial charge in [0.15, 0.2) is 0 Å². The largest absolute Gasteiger partial charge is 0.492 e. The minimum atomic E-state index is 0.0767. The van der Waals surface area contributed by atoms with E-state index < -0.39 is 0 Å². The molecule has 1 fully saturated rings. The molecule has 3 N–H and O–H groups in total. The van der Waals surface area contributed by atoms with Gasteiger partial charge in [-0.1, -0.05) is 19.9 Å². The molecule has 1 saturated heterocycles. The molecular weight excluding hydrogens is 314 g/mol. The first-order chi connectivity index (χ1) is 12.0. The van der Waals surface area contributed by atoms with Crippen molar-refractivity contribution in [2.45, 2.75) is 39.5 Å². The van der Waals surface area contributed by atoms with E-state index in [2.05, 4.69) is 49.2 Å². The Balaban J connectivity index is 1.77. The summed E-state index contributed by atoms with van der Waals surface area (Å²) >= 11 is 0. The molecule has 2 rings (SSSR count). The van der Waals surface area contributed by atoms with Gasteiger partial charge in [0.25, 0.3) is 0 Å². The van der Waals surface area contributed by atoms with Crippen molar-refractivity contribution in [3.8, 4) is 5.75 Å². The van der Waals surface area contributed by atoms with Gasteiger partial charge in [0.05, 0.1) is 5.92 Å². The van der Waals surface area contributed by atoms with Gasteiger partial charge in [-0.15, -0.1) is 0 Å². The van der Waals surface area contributed by atoms with Crippen LogP contribution in [0, 0.1) is 12.8 Å². The van der Waals surface area contributed by atoms with Crippen LogP contribution >= 0.6 is 0 Å². The van der Waals surface area contributed by atoms with Crippen LogP contribution in [0.3, 0.4) is 0 Å². The fourth-order valence-corrected chi connectivity index (χ4v) is 3.49. The number of benzene rings is 1. The maximum Gasteiger partial charge on any atom is 0.224 e. The first-order valence-corrected chi connectivity index (χ1v) is 9.44. The Kier molecular flexibility index (Phi) is 7.72. The quantitative estimate of drug-likeness (QED) is 0.757. The van der Waals surface area contributed by atoms with E-state index >= 15 is 0 Å². The van der Waals surface area contributed by atoms with Crippen molar-refractivity contribution >= 4 is 5.91 Å². The Morgan fingerprint density at radius 1 is 1.44 bits per heavy atom. The number of aryl methyl sites for hydroxylation is 1. The fourth-order valence-electron chi connectivity index (χ4n) is 3.49. The summed E-state index contributed by atoms with van der Waals surface area (Å²) in [6.07, 6.45) is 2.02. The SMILES string of the molecule is Cc1cc(OCCN2CCCC(C(=O)NCCN)C2)ccc1C(C)C. The van der Waals surface area contributed by atoms with Crippen LogP contribution in [-0.2, 0) is 4.79 Å². The van der Waals surface area contributed by atoms with Gasteiger partial charge in [0.1, 0.15) is 12.4 Å². The number of carbonyl (C=O) groups is 1. The van der Waals surface area contributed by atoms with Gasteiger partial charge in [-0.05, 0) is 55.5 Å². The highest BCUT2D eigenvalue weighted by atomic mass is 16.5. The van der Waals surface area contributed by atoms with Crippen molar-refractivity contribution in [3.63, 3.8) is 0 Å².